The van der Waals surface area contributed by atoms with Crippen molar-refractivity contribution in [3.63, 3.8) is 0 Å². The zero-order chi connectivity index (χ0) is 14.8. The van der Waals surface area contributed by atoms with Gasteiger partial charge in [-0.25, -0.2) is 4.39 Å². The zero-order valence-corrected chi connectivity index (χ0v) is 12.3. The lowest BCUT2D eigenvalue weighted by molar-refractivity contribution is -0.118. The van der Waals surface area contributed by atoms with Crippen LogP contribution in [0.3, 0.4) is 0 Å². The summed E-state index contributed by atoms with van der Waals surface area (Å²) >= 11 is 0. The van der Waals surface area contributed by atoms with Crippen LogP contribution in [-0.2, 0) is 4.79 Å². The van der Waals surface area contributed by atoms with Crippen LogP contribution in [0.2, 0.25) is 0 Å². The predicted molar refractivity (Wildman–Crippen MR) is 81.2 cm³/mol. The maximum atomic E-state index is 13.0. The molecule has 0 aromatic heterocycles. The molecule has 1 rings (SSSR count). The molecule has 0 saturated carbocycles. The van der Waals surface area contributed by atoms with Gasteiger partial charge >= 0.3 is 0 Å². The van der Waals surface area contributed by atoms with Crippen LogP contribution in [0.1, 0.15) is 45.4 Å². The van der Waals surface area contributed by atoms with E-state index in [1.54, 1.807) is 17.0 Å². The topological polar surface area (TPSA) is 46.3 Å². The molecule has 20 heavy (non-hydrogen) atoms. The normalized spacial score (nSPS) is 10.6. The number of carbonyl (C=O) groups excluding carboxylic acids is 1. The summed E-state index contributed by atoms with van der Waals surface area (Å²) in [6.07, 6.45) is 5.60. The third-order valence-electron chi connectivity index (χ3n) is 3.27. The summed E-state index contributed by atoms with van der Waals surface area (Å²) in [5.41, 5.74) is 6.27. The highest BCUT2D eigenvalue weighted by atomic mass is 19.1. The Morgan fingerprint density at radius 2 is 1.85 bits per heavy atom. The Balaban J connectivity index is 2.62. The van der Waals surface area contributed by atoms with Crippen LogP contribution >= 0.6 is 0 Å². The van der Waals surface area contributed by atoms with Gasteiger partial charge in [-0.15, -0.1) is 0 Å². The molecule has 2 N–H and O–H groups in total. The van der Waals surface area contributed by atoms with Gasteiger partial charge < -0.3 is 10.6 Å². The highest BCUT2D eigenvalue weighted by molar-refractivity contribution is 5.93. The molecular formula is C16H25FN2O. The molecular weight excluding hydrogens is 255 g/mol. The van der Waals surface area contributed by atoms with E-state index >= 15 is 0 Å². The number of amides is 1. The van der Waals surface area contributed by atoms with E-state index in [2.05, 4.69) is 6.92 Å². The van der Waals surface area contributed by atoms with E-state index in [9.17, 15) is 9.18 Å². The molecule has 0 aliphatic rings. The summed E-state index contributed by atoms with van der Waals surface area (Å²) in [5.74, 6) is -0.191. The number of nitrogens with zero attached hydrogens (tertiary/aromatic N) is 1. The van der Waals surface area contributed by atoms with Crippen LogP contribution in [0, 0.1) is 5.82 Å². The second kappa shape index (κ2) is 9.48. The van der Waals surface area contributed by atoms with Crippen LogP contribution in [-0.4, -0.2) is 19.0 Å². The summed E-state index contributed by atoms with van der Waals surface area (Å²) in [6, 6.07) is 6.07. The van der Waals surface area contributed by atoms with Gasteiger partial charge in [0.25, 0.3) is 0 Å². The average molecular weight is 280 g/mol. The minimum Gasteiger partial charge on any atom is -0.330 e. The molecule has 0 bridgehead atoms. The van der Waals surface area contributed by atoms with Crippen molar-refractivity contribution in [1.82, 2.24) is 0 Å². The Morgan fingerprint density at radius 1 is 1.15 bits per heavy atom. The minimum atomic E-state index is -0.289. The van der Waals surface area contributed by atoms with Crippen molar-refractivity contribution in [3.8, 4) is 0 Å². The number of rotatable bonds is 9. The monoisotopic (exact) mass is 280 g/mol. The molecule has 3 nitrogen and oxygen atoms in total. The Labute approximate surface area is 121 Å². The van der Waals surface area contributed by atoms with Crippen molar-refractivity contribution in [3.05, 3.63) is 30.1 Å². The lowest BCUT2D eigenvalue weighted by Crippen LogP contribution is -2.32. The van der Waals surface area contributed by atoms with E-state index in [1.807, 2.05) is 0 Å². The molecule has 0 spiro atoms. The lowest BCUT2D eigenvalue weighted by Gasteiger charge is -2.22. The van der Waals surface area contributed by atoms with Crippen molar-refractivity contribution >= 4 is 11.6 Å². The smallest absolute Gasteiger partial charge is 0.226 e. The van der Waals surface area contributed by atoms with Crippen LogP contribution < -0.4 is 10.6 Å². The molecule has 0 saturated heterocycles. The average Bonchev–Trinajstić information content (AvgIpc) is 2.46. The van der Waals surface area contributed by atoms with E-state index in [1.165, 1.54) is 12.1 Å². The SMILES string of the molecule is CCCCCCC(=O)N(CCCN)c1ccc(F)cc1. The highest BCUT2D eigenvalue weighted by Crippen LogP contribution is 2.17. The van der Waals surface area contributed by atoms with Gasteiger partial charge in [0.1, 0.15) is 5.82 Å². The number of carbonyl (C=O) groups is 1. The third-order valence-corrected chi connectivity index (χ3v) is 3.27. The zero-order valence-electron chi connectivity index (χ0n) is 12.3. The molecule has 4 heteroatoms. The fourth-order valence-electron chi connectivity index (χ4n) is 2.11. The van der Waals surface area contributed by atoms with Crippen molar-refractivity contribution < 1.29 is 9.18 Å². The van der Waals surface area contributed by atoms with Gasteiger partial charge in [0.2, 0.25) is 5.91 Å². The van der Waals surface area contributed by atoms with Crippen molar-refractivity contribution in [2.75, 3.05) is 18.0 Å². The first-order valence-electron chi connectivity index (χ1n) is 7.45. The van der Waals surface area contributed by atoms with E-state index < -0.39 is 0 Å². The van der Waals surface area contributed by atoms with Crippen LogP contribution in [0.15, 0.2) is 24.3 Å². The Kier molecular flexibility index (Phi) is 7.88. The first-order valence-corrected chi connectivity index (χ1v) is 7.45. The standard InChI is InChI=1S/C16H25FN2O/c1-2-3-4-5-7-16(20)19(13-6-12-18)15-10-8-14(17)9-11-15/h8-11H,2-7,12-13,18H2,1H3. The Bertz CT molecular complexity index is 392. The summed E-state index contributed by atoms with van der Waals surface area (Å²) < 4.78 is 13.0. The molecule has 1 amide bonds. The molecule has 0 fully saturated rings. The molecule has 0 aliphatic carbocycles. The molecule has 1 aromatic carbocycles. The Morgan fingerprint density at radius 3 is 2.45 bits per heavy atom. The minimum absolute atomic E-state index is 0.0983. The molecule has 0 heterocycles. The van der Waals surface area contributed by atoms with Crippen molar-refractivity contribution in [2.24, 2.45) is 5.73 Å². The van der Waals surface area contributed by atoms with Gasteiger partial charge in [-0.3, -0.25) is 4.79 Å². The predicted octanol–water partition coefficient (Wildman–Crippen LogP) is 3.48. The first kappa shape index (κ1) is 16.6. The fourth-order valence-corrected chi connectivity index (χ4v) is 2.11. The second-order valence-corrected chi connectivity index (χ2v) is 4.97. The van der Waals surface area contributed by atoms with Gasteiger partial charge in [-0.2, -0.15) is 0 Å². The van der Waals surface area contributed by atoms with Crippen LogP contribution in [0.5, 0.6) is 0 Å². The molecule has 0 aliphatic heterocycles. The summed E-state index contributed by atoms with van der Waals surface area (Å²) in [6.45, 7) is 3.28. The van der Waals surface area contributed by atoms with Crippen LogP contribution in [0.4, 0.5) is 10.1 Å². The quantitative estimate of drug-likeness (QED) is 0.704. The second-order valence-electron chi connectivity index (χ2n) is 4.97. The van der Waals surface area contributed by atoms with Gasteiger partial charge in [-0.1, -0.05) is 26.2 Å². The van der Waals surface area contributed by atoms with E-state index in [4.69, 9.17) is 5.73 Å². The Hall–Kier alpha value is -1.42. The fraction of sp³-hybridized carbons (Fsp3) is 0.562. The highest BCUT2D eigenvalue weighted by Gasteiger charge is 2.14. The molecule has 112 valence electrons. The van der Waals surface area contributed by atoms with Gasteiger partial charge in [0, 0.05) is 18.7 Å². The summed E-state index contributed by atoms with van der Waals surface area (Å²) in [4.78, 5) is 14.0. The molecule has 0 unspecified atom stereocenters. The molecule has 0 radical (unpaired) electrons. The third kappa shape index (κ3) is 5.70. The number of anilines is 1. The maximum absolute atomic E-state index is 13.0. The first-order chi connectivity index (χ1) is 9.69. The van der Waals surface area contributed by atoms with Gasteiger partial charge in [-0.05, 0) is 43.7 Å². The number of nitrogens with two attached hydrogens (primary N) is 1. The number of unbranched alkanes of at least 4 members (excludes halogenated alkanes) is 3. The van der Waals surface area contributed by atoms with E-state index in [0.29, 0.717) is 19.5 Å². The van der Waals surface area contributed by atoms with Crippen molar-refractivity contribution in [2.45, 2.75) is 45.4 Å². The van der Waals surface area contributed by atoms with Crippen LogP contribution in [0.25, 0.3) is 0 Å². The largest absolute Gasteiger partial charge is 0.330 e. The van der Waals surface area contributed by atoms with E-state index in [-0.39, 0.29) is 11.7 Å². The molecule has 1 aromatic rings. The van der Waals surface area contributed by atoms with Crippen molar-refractivity contribution in [1.29, 1.82) is 0 Å². The lowest BCUT2D eigenvalue weighted by atomic mass is 10.1. The summed E-state index contributed by atoms with van der Waals surface area (Å²) in [7, 11) is 0. The number of halogens is 1. The summed E-state index contributed by atoms with van der Waals surface area (Å²) in [5, 5.41) is 0. The molecule has 0 atom stereocenters. The van der Waals surface area contributed by atoms with E-state index in [0.717, 1.165) is 37.8 Å². The number of hydrogen-bond donors (Lipinski definition) is 1. The maximum Gasteiger partial charge on any atom is 0.226 e. The van der Waals surface area contributed by atoms with Gasteiger partial charge in [0.15, 0.2) is 0 Å². The number of hydrogen-bond acceptors (Lipinski definition) is 2. The number of benzene rings is 1. The van der Waals surface area contributed by atoms with Gasteiger partial charge in [0.05, 0.1) is 0 Å².